The lowest BCUT2D eigenvalue weighted by atomic mass is 10.2. The van der Waals surface area contributed by atoms with Crippen LogP contribution in [0.15, 0.2) is 76.5 Å². The fourth-order valence-electron chi connectivity index (χ4n) is 4.74. The van der Waals surface area contributed by atoms with Gasteiger partial charge in [0.15, 0.2) is 6.61 Å². The van der Waals surface area contributed by atoms with Crippen LogP contribution >= 0.6 is 0 Å². The molecule has 1 fully saturated rings. The molecule has 1 amide bonds. The minimum absolute atomic E-state index is 0.164. The summed E-state index contributed by atoms with van der Waals surface area (Å²) in [6, 6.07) is 18.5. The van der Waals surface area contributed by atoms with Gasteiger partial charge < -0.3 is 14.8 Å². The zero-order valence-corrected chi connectivity index (χ0v) is 23.7. The minimum atomic E-state index is -3.73. The third-order valence-corrected chi connectivity index (χ3v) is 10.7. The van der Waals surface area contributed by atoms with Crippen LogP contribution in [0.4, 0.5) is 5.69 Å². The van der Waals surface area contributed by atoms with Gasteiger partial charge in [0.05, 0.1) is 28.7 Å². The van der Waals surface area contributed by atoms with Gasteiger partial charge in [0.2, 0.25) is 10.0 Å². The Hall–Kier alpha value is -3.45. The maximum Gasteiger partial charge on any atom is 0.264 e. The molecule has 3 aromatic rings. The van der Waals surface area contributed by atoms with Crippen LogP contribution in [0.1, 0.15) is 16.7 Å². The molecule has 3 aromatic carbocycles. The standard InChI is InChI=1S/C28H31N3O7S2/c1-21-18-25(40(35,36)31-13-12-23-4-2-3-5-26(23)31)10-11-27(21)38-20-28(32)29-19-22-6-8-24(9-7-22)39(33,34)30-14-16-37-17-15-30/h2-11,18H,12-17,19-20H2,1H3,(H,29,32). The maximum absolute atomic E-state index is 13.3. The molecule has 0 aliphatic carbocycles. The molecule has 1 N–H and O–H groups in total. The molecule has 10 nitrogen and oxygen atoms in total. The average molecular weight is 586 g/mol. The number of morpholine rings is 1. The van der Waals surface area contributed by atoms with E-state index >= 15 is 0 Å². The van der Waals surface area contributed by atoms with Gasteiger partial charge in [-0.05, 0) is 66.4 Å². The van der Waals surface area contributed by atoms with Crippen molar-refractivity contribution < 1.29 is 31.1 Å². The molecular weight excluding hydrogens is 554 g/mol. The van der Waals surface area contributed by atoms with E-state index in [1.54, 1.807) is 31.2 Å². The number of anilines is 1. The first-order valence-electron chi connectivity index (χ1n) is 12.9. The van der Waals surface area contributed by atoms with Crippen LogP contribution in [0, 0.1) is 6.92 Å². The molecule has 0 unspecified atom stereocenters. The summed E-state index contributed by atoms with van der Waals surface area (Å²) in [6.45, 7) is 3.48. The Bertz CT molecular complexity index is 1600. The highest BCUT2D eigenvalue weighted by atomic mass is 32.2. The summed E-state index contributed by atoms with van der Waals surface area (Å²) >= 11 is 0. The fraction of sp³-hybridized carbons (Fsp3) is 0.321. The average Bonchev–Trinajstić information content (AvgIpc) is 3.41. The number of carbonyl (C=O) groups is 1. The van der Waals surface area contributed by atoms with E-state index in [4.69, 9.17) is 9.47 Å². The van der Waals surface area contributed by atoms with Crippen molar-refractivity contribution in [3.63, 3.8) is 0 Å². The molecular formula is C28H31N3O7S2. The molecule has 0 atom stereocenters. The minimum Gasteiger partial charge on any atom is -0.484 e. The first kappa shape index (κ1) is 28.1. The molecule has 12 heteroatoms. The lowest BCUT2D eigenvalue weighted by Gasteiger charge is -2.26. The van der Waals surface area contributed by atoms with E-state index in [-0.39, 0.29) is 28.8 Å². The highest BCUT2D eigenvalue weighted by molar-refractivity contribution is 7.92. The van der Waals surface area contributed by atoms with Gasteiger partial charge in [-0.2, -0.15) is 4.31 Å². The molecule has 2 heterocycles. The summed E-state index contributed by atoms with van der Waals surface area (Å²) in [7, 11) is -7.31. The number of nitrogens with one attached hydrogen (secondary N) is 1. The highest BCUT2D eigenvalue weighted by Gasteiger charge is 2.31. The summed E-state index contributed by atoms with van der Waals surface area (Å²) in [6.07, 6.45) is 0.669. The number of fused-ring (bicyclic) bond motifs is 1. The third-order valence-electron chi connectivity index (χ3n) is 6.96. The molecule has 0 radical (unpaired) electrons. The predicted octanol–water partition coefficient (Wildman–Crippen LogP) is 2.46. The Labute approximate surface area is 234 Å². The number of rotatable bonds is 9. The molecule has 2 aliphatic rings. The van der Waals surface area contributed by atoms with Crippen LogP contribution in [0.25, 0.3) is 0 Å². The molecule has 0 aromatic heterocycles. The monoisotopic (exact) mass is 585 g/mol. The zero-order valence-electron chi connectivity index (χ0n) is 22.1. The topological polar surface area (TPSA) is 122 Å². The number of hydrogen-bond acceptors (Lipinski definition) is 7. The van der Waals surface area contributed by atoms with Crippen molar-refractivity contribution in [2.24, 2.45) is 0 Å². The van der Waals surface area contributed by atoms with Crippen molar-refractivity contribution in [3.05, 3.63) is 83.4 Å². The van der Waals surface area contributed by atoms with Crippen LogP contribution in [0.3, 0.4) is 0 Å². The summed E-state index contributed by atoms with van der Waals surface area (Å²) in [5, 5.41) is 2.75. The van der Waals surface area contributed by atoms with E-state index < -0.39 is 20.0 Å². The number of aryl methyl sites for hydroxylation is 1. The van der Waals surface area contributed by atoms with E-state index in [1.165, 1.54) is 26.8 Å². The molecule has 40 heavy (non-hydrogen) atoms. The molecule has 5 rings (SSSR count). The Morgan fingerprint density at radius 1 is 0.900 bits per heavy atom. The first-order valence-corrected chi connectivity index (χ1v) is 15.8. The van der Waals surface area contributed by atoms with Crippen LogP contribution < -0.4 is 14.4 Å². The normalized spacial score (nSPS) is 16.0. The first-order chi connectivity index (χ1) is 19.2. The number of hydrogen-bond donors (Lipinski definition) is 1. The van der Waals surface area contributed by atoms with Gasteiger partial charge in [-0.15, -0.1) is 0 Å². The fourth-order valence-corrected chi connectivity index (χ4v) is 7.74. The number of carbonyl (C=O) groups excluding carboxylic acids is 1. The zero-order chi connectivity index (χ0) is 28.3. The second kappa shape index (κ2) is 11.6. The Balaban J connectivity index is 1.15. The number of para-hydroxylation sites is 1. The van der Waals surface area contributed by atoms with E-state index in [9.17, 15) is 21.6 Å². The molecule has 212 valence electrons. The lowest BCUT2D eigenvalue weighted by Crippen LogP contribution is -2.40. The largest absolute Gasteiger partial charge is 0.484 e. The number of amides is 1. The van der Waals surface area contributed by atoms with Crippen LogP contribution in [0.2, 0.25) is 0 Å². The van der Waals surface area contributed by atoms with Gasteiger partial charge in [-0.25, -0.2) is 16.8 Å². The second-order valence-electron chi connectivity index (χ2n) is 9.61. The van der Waals surface area contributed by atoms with Gasteiger partial charge >= 0.3 is 0 Å². The van der Waals surface area contributed by atoms with Gasteiger partial charge in [-0.1, -0.05) is 30.3 Å². The van der Waals surface area contributed by atoms with Crippen molar-refractivity contribution in [2.75, 3.05) is 43.8 Å². The Morgan fingerprint density at radius 2 is 1.60 bits per heavy atom. The van der Waals surface area contributed by atoms with E-state index in [0.717, 1.165) is 11.1 Å². The molecule has 0 spiro atoms. The summed E-state index contributed by atoms with van der Waals surface area (Å²) in [4.78, 5) is 12.8. The van der Waals surface area contributed by atoms with Crippen molar-refractivity contribution in [1.82, 2.24) is 9.62 Å². The quantitative estimate of drug-likeness (QED) is 0.409. The van der Waals surface area contributed by atoms with Crippen LogP contribution in [-0.4, -0.2) is 66.5 Å². The van der Waals surface area contributed by atoms with Crippen molar-refractivity contribution in [1.29, 1.82) is 0 Å². The second-order valence-corrected chi connectivity index (χ2v) is 13.4. The van der Waals surface area contributed by atoms with Gasteiger partial charge in [0.1, 0.15) is 5.75 Å². The van der Waals surface area contributed by atoms with E-state index in [1.807, 2.05) is 24.3 Å². The van der Waals surface area contributed by atoms with Gasteiger partial charge in [0.25, 0.3) is 15.9 Å². The Morgan fingerprint density at radius 3 is 2.33 bits per heavy atom. The predicted molar refractivity (Wildman–Crippen MR) is 149 cm³/mol. The van der Waals surface area contributed by atoms with Crippen molar-refractivity contribution in [2.45, 2.75) is 29.7 Å². The number of sulfonamides is 2. The highest BCUT2D eigenvalue weighted by Crippen LogP contribution is 2.33. The summed E-state index contributed by atoms with van der Waals surface area (Å²) < 4.78 is 65.8. The molecule has 2 aliphatic heterocycles. The molecule has 0 saturated carbocycles. The third kappa shape index (κ3) is 5.85. The van der Waals surface area contributed by atoms with Crippen LogP contribution in [-0.2, 0) is 42.5 Å². The lowest BCUT2D eigenvalue weighted by molar-refractivity contribution is -0.123. The summed E-state index contributed by atoms with van der Waals surface area (Å²) in [5.74, 6) is 0.0448. The van der Waals surface area contributed by atoms with Gasteiger partial charge in [-0.3, -0.25) is 9.10 Å². The summed E-state index contributed by atoms with van der Waals surface area (Å²) in [5.41, 5.74) is 3.04. The van der Waals surface area contributed by atoms with E-state index in [2.05, 4.69) is 5.32 Å². The van der Waals surface area contributed by atoms with E-state index in [0.29, 0.717) is 56.3 Å². The van der Waals surface area contributed by atoms with Gasteiger partial charge in [0, 0.05) is 26.2 Å². The van der Waals surface area contributed by atoms with Crippen molar-refractivity contribution in [3.8, 4) is 5.75 Å². The SMILES string of the molecule is Cc1cc(S(=O)(=O)N2CCc3ccccc32)ccc1OCC(=O)NCc1ccc(S(=O)(=O)N2CCOCC2)cc1. The number of benzene rings is 3. The van der Waals surface area contributed by atoms with Crippen LogP contribution in [0.5, 0.6) is 5.75 Å². The molecule has 0 bridgehead atoms. The maximum atomic E-state index is 13.3. The number of ether oxygens (including phenoxy) is 2. The molecule has 1 saturated heterocycles. The smallest absolute Gasteiger partial charge is 0.264 e. The van der Waals surface area contributed by atoms with Crippen molar-refractivity contribution >= 4 is 31.6 Å². The Kier molecular flexibility index (Phi) is 8.13. The number of nitrogens with zero attached hydrogens (tertiary/aromatic N) is 2.